The number of rotatable bonds is 3. The van der Waals surface area contributed by atoms with Crippen LogP contribution in [0, 0.1) is 0 Å². The molecule has 7 nitrogen and oxygen atoms in total. The minimum Gasteiger partial charge on any atom is -0.393 e. The van der Waals surface area contributed by atoms with E-state index in [0.29, 0.717) is 11.8 Å². The van der Waals surface area contributed by atoms with Gasteiger partial charge in [0.15, 0.2) is 5.82 Å². The van der Waals surface area contributed by atoms with Crippen molar-refractivity contribution in [2.75, 3.05) is 5.32 Å². The Kier molecular flexibility index (Phi) is 3.19. The molecule has 22 heavy (non-hydrogen) atoms. The van der Waals surface area contributed by atoms with Gasteiger partial charge >= 0.3 is 0 Å². The van der Waals surface area contributed by atoms with Crippen LogP contribution in [0.2, 0.25) is 0 Å². The lowest BCUT2D eigenvalue weighted by Crippen LogP contribution is -2.18. The van der Waals surface area contributed by atoms with Gasteiger partial charge in [-0.1, -0.05) is 17.3 Å². The third-order valence-corrected chi connectivity index (χ3v) is 3.95. The normalized spacial score (nSPS) is 21.3. The number of benzene rings is 1. The van der Waals surface area contributed by atoms with Gasteiger partial charge in [0.1, 0.15) is 5.52 Å². The Bertz CT molecular complexity index is 801. The van der Waals surface area contributed by atoms with E-state index in [1.54, 1.807) is 16.9 Å². The van der Waals surface area contributed by atoms with Crippen LogP contribution in [0.25, 0.3) is 16.9 Å². The van der Waals surface area contributed by atoms with Crippen molar-refractivity contribution in [2.45, 2.75) is 31.4 Å². The van der Waals surface area contributed by atoms with E-state index in [4.69, 9.17) is 0 Å². The summed E-state index contributed by atoms with van der Waals surface area (Å²) < 4.78 is 1.70. The van der Waals surface area contributed by atoms with Gasteiger partial charge in [-0.2, -0.15) is 9.67 Å². The van der Waals surface area contributed by atoms with Crippen molar-refractivity contribution in [3.63, 3.8) is 0 Å². The Morgan fingerprint density at radius 2 is 2.09 bits per heavy atom. The molecule has 0 aliphatic heterocycles. The Balaban J connectivity index is 1.64. The smallest absolute Gasteiger partial charge is 0.224 e. The number of anilines is 1. The van der Waals surface area contributed by atoms with Crippen molar-refractivity contribution < 1.29 is 5.11 Å². The number of aliphatic hydroxyl groups is 1. The van der Waals surface area contributed by atoms with Gasteiger partial charge in [0.2, 0.25) is 5.95 Å². The highest BCUT2D eigenvalue weighted by atomic mass is 16.3. The third-order valence-electron chi connectivity index (χ3n) is 3.95. The maximum Gasteiger partial charge on any atom is 0.224 e. The van der Waals surface area contributed by atoms with Gasteiger partial charge in [-0.25, -0.2) is 4.98 Å². The van der Waals surface area contributed by atoms with E-state index >= 15 is 0 Å². The Morgan fingerprint density at radius 1 is 1.18 bits per heavy atom. The quantitative estimate of drug-likeness (QED) is 0.762. The molecule has 1 aliphatic rings. The lowest BCUT2D eigenvalue weighted by molar-refractivity contribution is 0.182. The summed E-state index contributed by atoms with van der Waals surface area (Å²) in [6, 6.07) is 9.77. The van der Waals surface area contributed by atoms with E-state index in [0.717, 1.165) is 30.3 Å². The van der Waals surface area contributed by atoms with Crippen LogP contribution in [0.4, 0.5) is 5.95 Å². The fourth-order valence-corrected chi connectivity index (χ4v) is 2.85. The highest BCUT2D eigenvalue weighted by Gasteiger charge is 2.23. The summed E-state index contributed by atoms with van der Waals surface area (Å²) in [5.41, 5.74) is 1.73. The average molecular weight is 296 g/mol. The van der Waals surface area contributed by atoms with Crippen LogP contribution >= 0.6 is 0 Å². The van der Waals surface area contributed by atoms with Gasteiger partial charge in [0.05, 0.1) is 11.6 Å². The topological polar surface area (TPSA) is 88.8 Å². The van der Waals surface area contributed by atoms with Gasteiger partial charge in [-0.3, -0.25) is 0 Å². The first-order valence-corrected chi connectivity index (χ1v) is 7.38. The molecule has 0 spiro atoms. The largest absolute Gasteiger partial charge is 0.393 e. The first kappa shape index (κ1) is 13.1. The van der Waals surface area contributed by atoms with E-state index in [2.05, 4.69) is 25.6 Å². The van der Waals surface area contributed by atoms with E-state index in [-0.39, 0.29) is 12.1 Å². The SMILES string of the molecule is O[C@@H]1CC[C@@H](Nc2nccc(-n3nnc4ccccc43)n2)C1. The Labute approximate surface area is 127 Å². The van der Waals surface area contributed by atoms with E-state index in [1.165, 1.54) is 0 Å². The van der Waals surface area contributed by atoms with Crippen LogP contribution in [0.5, 0.6) is 0 Å². The molecule has 0 radical (unpaired) electrons. The molecule has 4 rings (SSSR count). The maximum atomic E-state index is 9.60. The summed E-state index contributed by atoms with van der Waals surface area (Å²) in [6.45, 7) is 0. The standard InChI is InChI=1S/C15H16N6O/c22-11-6-5-10(9-11)17-15-16-8-7-14(18-15)21-13-4-2-1-3-12(13)19-20-21/h1-4,7-8,10-11,22H,5-6,9H2,(H,16,17,18)/t10-,11-/m1/s1. The lowest BCUT2D eigenvalue weighted by atomic mass is 10.2. The van der Waals surface area contributed by atoms with Gasteiger partial charge < -0.3 is 10.4 Å². The highest BCUT2D eigenvalue weighted by Crippen LogP contribution is 2.22. The van der Waals surface area contributed by atoms with Gasteiger partial charge in [0.25, 0.3) is 0 Å². The Hall–Kier alpha value is -2.54. The van der Waals surface area contributed by atoms with Crippen LogP contribution in [-0.2, 0) is 0 Å². The average Bonchev–Trinajstić information content (AvgIpc) is 3.14. The molecule has 0 amide bonds. The van der Waals surface area contributed by atoms with Crippen molar-refractivity contribution in [1.29, 1.82) is 0 Å². The minimum absolute atomic E-state index is 0.220. The fraction of sp³-hybridized carbons (Fsp3) is 0.333. The van der Waals surface area contributed by atoms with E-state index in [9.17, 15) is 5.11 Å². The number of aliphatic hydroxyl groups excluding tert-OH is 1. The van der Waals surface area contributed by atoms with Crippen LogP contribution in [0.3, 0.4) is 0 Å². The Morgan fingerprint density at radius 3 is 2.95 bits per heavy atom. The van der Waals surface area contributed by atoms with Crippen LogP contribution < -0.4 is 5.32 Å². The zero-order valence-electron chi connectivity index (χ0n) is 11.9. The molecule has 2 aromatic heterocycles. The number of nitrogens with one attached hydrogen (secondary N) is 1. The molecule has 0 saturated heterocycles. The number of aromatic nitrogens is 5. The summed E-state index contributed by atoms with van der Waals surface area (Å²) in [5, 5.41) is 21.2. The maximum absolute atomic E-state index is 9.60. The molecule has 112 valence electrons. The second-order valence-corrected chi connectivity index (χ2v) is 5.54. The molecule has 2 heterocycles. The van der Waals surface area contributed by atoms with E-state index in [1.807, 2.05) is 24.3 Å². The van der Waals surface area contributed by atoms with E-state index < -0.39 is 0 Å². The van der Waals surface area contributed by atoms with Crippen molar-refractivity contribution in [1.82, 2.24) is 25.0 Å². The molecule has 1 aromatic carbocycles. The summed E-state index contributed by atoms with van der Waals surface area (Å²) >= 11 is 0. The van der Waals surface area contributed by atoms with Crippen molar-refractivity contribution in [3.05, 3.63) is 36.5 Å². The number of hydrogen-bond acceptors (Lipinski definition) is 6. The molecule has 3 aromatic rings. The first-order valence-electron chi connectivity index (χ1n) is 7.38. The summed E-state index contributed by atoms with van der Waals surface area (Å²) in [4.78, 5) is 8.76. The van der Waals surface area contributed by atoms with Gasteiger partial charge in [-0.15, -0.1) is 5.10 Å². The highest BCUT2D eigenvalue weighted by molar-refractivity contribution is 5.75. The molecular weight excluding hydrogens is 280 g/mol. The van der Waals surface area contributed by atoms with Crippen molar-refractivity contribution in [3.8, 4) is 5.82 Å². The van der Waals surface area contributed by atoms with Gasteiger partial charge in [-0.05, 0) is 31.4 Å². The molecule has 7 heteroatoms. The first-order chi connectivity index (χ1) is 10.8. The third kappa shape index (κ3) is 2.39. The number of hydrogen-bond donors (Lipinski definition) is 2. The summed E-state index contributed by atoms with van der Waals surface area (Å²) in [5.74, 6) is 1.22. The zero-order chi connectivity index (χ0) is 14.9. The van der Waals surface area contributed by atoms with Crippen molar-refractivity contribution >= 4 is 17.0 Å². The van der Waals surface area contributed by atoms with Crippen LogP contribution in [0.15, 0.2) is 36.5 Å². The molecule has 1 saturated carbocycles. The second-order valence-electron chi connectivity index (χ2n) is 5.54. The number of nitrogens with zero attached hydrogens (tertiary/aromatic N) is 5. The number of fused-ring (bicyclic) bond motifs is 1. The molecule has 2 N–H and O–H groups in total. The monoisotopic (exact) mass is 296 g/mol. The van der Waals surface area contributed by atoms with Crippen molar-refractivity contribution in [2.24, 2.45) is 0 Å². The summed E-state index contributed by atoms with van der Waals surface area (Å²) in [7, 11) is 0. The van der Waals surface area contributed by atoms with Crippen LogP contribution in [-0.4, -0.2) is 42.2 Å². The van der Waals surface area contributed by atoms with Gasteiger partial charge in [0, 0.05) is 18.3 Å². The minimum atomic E-state index is -0.222. The molecule has 0 unspecified atom stereocenters. The predicted molar refractivity (Wildman–Crippen MR) is 81.7 cm³/mol. The second kappa shape index (κ2) is 5.34. The fourth-order valence-electron chi connectivity index (χ4n) is 2.85. The zero-order valence-corrected chi connectivity index (χ0v) is 11.9. The molecule has 2 atom stereocenters. The number of para-hydroxylation sites is 1. The molecule has 1 aliphatic carbocycles. The molecular formula is C15H16N6O. The molecule has 0 bridgehead atoms. The van der Waals surface area contributed by atoms with Crippen LogP contribution in [0.1, 0.15) is 19.3 Å². The summed E-state index contributed by atoms with van der Waals surface area (Å²) in [6.07, 6.45) is 3.97. The molecule has 1 fully saturated rings. The predicted octanol–water partition coefficient (Wildman–Crippen LogP) is 1.54. The lowest BCUT2D eigenvalue weighted by Gasteiger charge is -2.12.